The van der Waals surface area contributed by atoms with Gasteiger partial charge in [0, 0.05) is 36.8 Å². The van der Waals surface area contributed by atoms with Gasteiger partial charge in [-0.2, -0.15) is 0 Å². The van der Waals surface area contributed by atoms with E-state index in [1.54, 1.807) is 29.2 Å². The number of nitrogens with one attached hydrogen (secondary N) is 1. The van der Waals surface area contributed by atoms with Gasteiger partial charge in [-0.1, -0.05) is 6.07 Å². The summed E-state index contributed by atoms with van der Waals surface area (Å²) in [4.78, 5) is 14.4. The largest absolute Gasteiger partial charge is 0.490 e. The molecule has 2 aromatic carbocycles. The zero-order valence-electron chi connectivity index (χ0n) is 16.4. The van der Waals surface area contributed by atoms with Gasteiger partial charge in [0.05, 0.1) is 24.2 Å². The molecular formula is C21H24N2O6S. The van der Waals surface area contributed by atoms with Crippen LogP contribution in [0.2, 0.25) is 0 Å². The van der Waals surface area contributed by atoms with Gasteiger partial charge in [-0.15, -0.1) is 0 Å². The number of rotatable bonds is 4. The molecule has 0 radical (unpaired) electrons. The van der Waals surface area contributed by atoms with E-state index >= 15 is 0 Å². The van der Waals surface area contributed by atoms with Gasteiger partial charge in [-0.3, -0.25) is 9.52 Å². The molecule has 2 N–H and O–H groups in total. The molecule has 0 bridgehead atoms. The summed E-state index contributed by atoms with van der Waals surface area (Å²) in [6, 6.07) is 10.8. The minimum absolute atomic E-state index is 0.0441. The number of amides is 1. The highest BCUT2D eigenvalue weighted by Crippen LogP contribution is 2.32. The Labute approximate surface area is 175 Å². The number of hydrogen-bond donors (Lipinski definition) is 2. The number of aliphatic hydroxyl groups is 1. The summed E-state index contributed by atoms with van der Waals surface area (Å²) in [5.74, 6) is 0.677. The lowest BCUT2D eigenvalue weighted by Gasteiger charge is -2.30. The number of sulfonamides is 1. The first-order chi connectivity index (χ1) is 14.4. The Bertz CT molecular complexity index is 1040. The van der Waals surface area contributed by atoms with Crippen LogP contribution in [0.5, 0.6) is 11.5 Å². The lowest BCUT2D eigenvalue weighted by Crippen LogP contribution is -2.42. The third-order valence-electron chi connectivity index (χ3n) is 5.07. The summed E-state index contributed by atoms with van der Waals surface area (Å²) in [6.07, 6.45) is 1.62. The van der Waals surface area contributed by atoms with E-state index < -0.39 is 16.1 Å². The monoisotopic (exact) mass is 432 g/mol. The maximum atomic E-state index is 12.9. The summed E-state index contributed by atoms with van der Waals surface area (Å²) >= 11 is 0. The van der Waals surface area contributed by atoms with Crippen LogP contribution in [-0.4, -0.2) is 56.7 Å². The standard InChI is InChI=1S/C21H24N2O6S/c24-17-6-2-9-23(14-17)21(25)15-4-1-5-16(12-15)22-30(26,27)18-7-8-19-20(13-18)29-11-3-10-28-19/h1,4-5,7-8,12-13,17,22,24H,2-3,6,9-11,14H2. The van der Waals surface area contributed by atoms with Gasteiger partial charge in [0.25, 0.3) is 15.9 Å². The van der Waals surface area contributed by atoms with Gasteiger partial charge in [0.1, 0.15) is 0 Å². The maximum Gasteiger partial charge on any atom is 0.262 e. The average molecular weight is 432 g/mol. The van der Waals surface area contributed by atoms with Crippen LogP contribution >= 0.6 is 0 Å². The second-order valence-corrected chi connectivity index (χ2v) is 9.07. The van der Waals surface area contributed by atoms with E-state index in [9.17, 15) is 18.3 Å². The van der Waals surface area contributed by atoms with Crippen molar-refractivity contribution in [2.45, 2.75) is 30.3 Å². The highest BCUT2D eigenvalue weighted by molar-refractivity contribution is 7.92. The number of carbonyl (C=O) groups excluding carboxylic acids is 1. The molecular weight excluding hydrogens is 408 g/mol. The molecule has 9 heteroatoms. The van der Waals surface area contributed by atoms with Crippen molar-refractivity contribution in [2.75, 3.05) is 31.0 Å². The molecule has 1 unspecified atom stereocenters. The first-order valence-corrected chi connectivity index (χ1v) is 11.4. The number of nitrogens with zero attached hydrogens (tertiary/aromatic N) is 1. The van der Waals surface area contributed by atoms with Gasteiger partial charge in [0.2, 0.25) is 0 Å². The number of benzene rings is 2. The van der Waals surface area contributed by atoms with Crippen molar-refractivity contribution in [3.05, 3.63) is 48.0 Å². The lowest BCUT2D eigenvalue weighted by atomic mass is 10.1. The van der Waals surface area contributed by atoms with E-state index in [4.69, 9.17) is 9.47 Å². The summed E-state index contributed by atoms with van der Waals surface area (Å²) < 4.78 is 39.4. The van der Waals surface area contributed by atoms with Crippen molar-refractivity contribution >= 4 is 21.6 Å². The van der Waals surface area contributed by atoms with Crippen molar-refractivity contribution in [2.24, 2.45) is 0 Å². The van der Waals surface area contributed by atoms with Gasteiger partial charge in [-0.25, -0.2) is 8.42 Å². The third-order valence-corrected chi connectivity index (χ3v) is 6.45. The lowest BCUT2D eigenvalue weighted by molar-refractivity contribution is 0.0474. The van der Waals surface area contributed by atoms with E-state index in [0.717, 1.165) is 12.8 Å². The fourth-order valence-corrected chi connectivity index (χ4v) is 4.63. The molecule has 0 aromatic heterocycles. The van der Waals surface area contributed by atoms with Crippen molar-refractivity contribution < 1.29 is 27.8 Å². The normalized spacial score (nSPS) is 19.1. The summed E-state index contributed by atoms with van der Waals surface area (Å²) in [5.41, 5.74) is 0.647. The second-order valence-electron chi connectivity index (χ2n) is 7.39. The van der Waals surface area contributed by atoms with E-state index in [0.29, 0.717) is 43.2 Å². The maximum absolute atomic E-state index is 12.9. The molecule has 1 fully saturated rings. The Hall–Kier alpha value is -2.78. The molecule has 2 aliphatic rings. The fourth-order valence-electron chi connectivity index (χ4n) is 3.56. The zero-order chi connectivity index (χ0) is 21.1. The molecule has 2 aromatic rings. The molecule has 1 atom stereocenters. The SMILES string of the molecule is O=C(c1cccc(NS(=O)(=O)c2ccc3c(c2)OCCCO3)c1)N1CCCC(O)C1. The number of carbonyl (C=O) groups is 1. The molecule has 1 amide bonds. The van der Waals surface area contributed by atoms with Gasteiger partial charge < -0.3 is 19.5 Å². The first kappa shape index (κ1) is 20.5. The number of piperidine rings is 1. The third kappa shape index (κ3) is 4.52. The van der Waals surface area contributed by atoms with E-state index in [-0.39, 0.29) is 23.0 Å². The number of β-amino-alcohol motifs (C(OH)–C–C–N with tert-alkyl or cyclic N) is 1. The van der Waals surface area contributed by atoms with Crippen molar-refractivity contribution in [1.29, 1.82) is 0 Å². The summed E-state index contributed by atoms with van der Waals surface area (Å²) in [5, 5.41) is 9.81. The predicted molar refractivity (Wildman–Crippen MR) is 110 cm³/mol. The molecule has 8 nitrogen and oxygen atoms in total. The fraction of sp³-hybridized carbons (Fsp3) is 0.381. The minimum atomic E-state index is -3.89. The summed E-state index contributed by atoms with van der Waals surface area (Å²) in [7, 11) is -3.89. The molecule has 30 heavy (non-hydrogen) atoms. The quantitative estimate of drug-likeness (QED) is 0.768. The Morgan fingerprint density at radius 1 is 1.07 bits per heavy atom. The van der Waals surface area contributed by atoms with Crippen molar-refractivity contribution in [3.8, 4) is 11.5 Å². The molecule has 0 aliphatic carbocycles. The molecule has 4 rings (SSSR count). The van der Waals surface area contributed by atoms with Crippen molar-refractivity contribution in [1.82, 2.24) is 4.90 Å². The van der Waals surface area contributed by atoms with Gasteiger partial charge in [0.15, 0.2) is 11.5 Å². The molecule has 0 saturated carbocycles. The number of likely N-dealkylation sites (tertiary alicyclic amines) is 1. The highest BCUT2D eigenvalue weighted by Gasteiger charge is 2.24. The van der Waals surface area contributed by atoms with Crippen LogP contribution < -0.4 is 14.2 Å². The predicted octanol–water partition coefficient (Wildman–Crippen LogP) is 2.25. The topological polar surface area (TPSA) is 105 Å². The van der Waals surface area contributed by atoms with Crippen LogP contribution in [0.3, 0.4) is 0 Å². The highest BCUT2D eigenvalue weighted by atomic mass is 32.2. The number of hydrogen-bond acceptors (Lipinski definition) is 6. The van der Waals surface area contributed by atoms with E-state index in [1.165, 1.54) is 18.2 Å². The molecule has 1 saturated heterocycles. The molecule has 2 aliphatic heterocycles. The van der Waals surface area contributed by atoms with E-state index in [1.807, 2.05) is 0 Å². The van der Waals surface area contributed by atoms with Gasteiger partial charge in [-0.05, 0) is 43.2 Å². The number of fused-ring (bicyclic) bond motifs is 1. The number of aliphatic hydroxyl groups excluding tert-OH is 1. The van der Waals surface area contributed by atoms with Crippen LogP contribution in [0.15, 0.2) is 47.4 Å². The van der Waals surface area contributed by atoms with Crippen LogP contribution in [0, 0.1) is 0 Å². The van der Waals surface area contributed by atoms with Crippen LogP contribution in [0.25, 0.3) is 0 Å². The van der Waals surface area contributed by atoms with Gasteiger partial charge >= 0.3 is 0 Å². The average Bonchev–Trinajstić information content (AvgIpc) is 2.98. The first-order valence-electron chi connectivity index (χ1n) is 9.92. The van der Waals surface area contributed by atoms with E-state index in [2.05, 4.69) is 4.72 Å². The number of ether oxygens (including phenoxy) is 2. The Morgan fingerprint density at radius 3 is 2.67 bits per heavy atom. The van der Waals surface area contributed by atoms with Crippen LogP contribution in [-0.2, 0) is 10.0 Å². The number of anilines is 1. The Kier molecular flexibility index (Phi) is 5.83. The smallest absolute Gasteiger partial charge is 0.262 e. The minimum Gasteiger partial charge on any atom is -0.490 e. The van der Waals surface area contributed by atoms with Crippen molar-refractivity contribution in [3.63, 3.8) is 0 Å². The zero-order valence-corrected chi connectivity index (χ0v) is 17.2. The Morgan fingerprint density at radius 2 is 1.87 bits per heavy atom. The summed E-state index contributed by atoms with van der Waals surface area (Å²) in [6.45, 7) is 1.83. The van der Waals surface area contributed by atoms with Crippen LogP contribution in [0.1, 0.15) is 29.6 Å². The molecule has 0 spiro atoms. The molecule has 160 valence electrons. The molecule has 2 heterocycles. The Balaban J connectivity index is 1.53. The second kappa shape index (κ2) is 8.53. The van der Waals surface area contributed by atoms with Crippen LogP contribution in [0.4, 0.5) is 5.69 Å².